The molecule has 1 aromatic carbocycles. The average molecular weight is 472 g/mol. The van der Waals surface area contributed by atoms with E-state index in [0.29, 0.717) is 12.8 Å². The molecule has 2 saturated heterocycles. The maximum atomic E-state index is 12.8. The fraction of sp³-hybridized carbons (Fsp3) is 0.692. The van der Waals surface area contributed by atoms with Gasteiger partial charge in [-0.05, 0) is 56.7 Å². The average Bonchev–Trinajstić information content (AvgIpc) is 3.22. The smallest absolute Gasteiger partial charge is 0.319 e. The Morgan fingerprint density at radius 1 is 1.06 bits per heavy atom. The lowest BCUT2D eigenvalue weighted by Gasteiger charge is -2.38. The van der Waals surface area contributed by atoms with E-state index in [9.17, 15) is 14.7 Å². The van der Waals surface area contributed by atoms with Crippen LogP contribution in [0, 0.1) is 0 Å². The molecule has 1 saturated carbocycles. The Morgan fingerprint density at radius 3 is 2.59 bits per heavy atom. The van der Waals surface area contributed by atoms with Crippen molar-refractivity contribution in [1.82, 2.24) is 10.2 Å². The Labute approximate surface area is 201 Å². The molecule has 3 fully saturated rings. The van der Waals surface area contributed by atoms with Crippen LogP contribution in [0.1, 0.15) is 75.7 Å². The van der Waals surface area contributed by atoms with Gasteiger partial charge in [0.15, 0.2) is 0 Å². The predicted octanol–water partition coefficient (Wildman–Crippen LogP) is 3.54. The standard InChI is InChI=1S/C26H37N3O5/c30-16-23-25-21(14-19(33-23)15-24(31)29-11-5-2-6-12-29)20-13-18(9-10-22(20)34-25)28-26(32)27-17-7-3-1-4-8-17/h9-10,13,17,19,21,23,25,30H,1-8,11-12,14-16H2,(H2,27,28,32)/t19-,21-,23+,25+/m0/s1. The zero-order chi connectivity index (χ0) is 23.5. The summed E-state index contributed by atoms with van der Waals surface area (Å²) < 4.78 is 12.3. The summed E-state index contributed by atoms with van der Waals surface area (Å²) in [6.07, 6.45) is 8.93. The number of likely N-dealkylation sites (tertiary alicyclic amines) is 1. The van der Waals surface area contributed by atoms with Crippen molar-refractivity contribution in [3.05, 3.63) is 23.8 Å². The van der Waals surface area contributed by atoms with E-state index < -0.39 is 6.10 Å². The first kappa shape index (κ1) is 23.4. The summed E-state index contributed by atoms with van der Waals surface area (Å²) in [5.74, 6) is 0.912. The van der Waals surface area contributed by atoms with Crippen molar-refractivity contribution in [2.45, 2.75) is 94.5 Å². The number of rotatable bonds is 5. The second kappa shape index (κ2) is 10.5. The van der Waals surface area contributed by atoms with Crippen molar-refractivity contribution in [2.24, 2.45) is 0 Å². The van der Waals surface area contributed by atoms with Gasteiger partial charge >= 0.3 is 6.03 Å². The molecule has 4 atom stereocenters. The lowest BCUT2D eigenvalue weighted by atomic mass is 9.84. The highest BCUT2D eigenvalue weighted by molar-refractivity contribution is 5.89. The molecule has 3 heterocycles. The molecule has 3 N–H and O–H groups in total. The van der Waals surface area contributed by atoms with E-state index in [0.717, 1.165) is 55.8 Å². The quantitative estimate of drug-likeness (QED) is 0.610. The van der Waals surface area contributed by atoms with Gasteiger partial charge in [0.2, 0.25) is 5.91 Å². The van der Waals surface area contributed by atoms with Gasteiger partial charge in [0, 0.05) is 36.3 Å². The van der Waals surface area contributed by atoms with E-state index in [4.69, 9.17) is 9.47 Å². The number of hydrogen-bond donors (Lipinski definition) is 3. The van der Waals surface area contributed by atoms with Gasteiger partial charge in [0.05, 0.1) is 19.1 Å². The van der Waals surface area contributed by atoms with Gasteiger partial charge in [0.25, 0.3) is 0 Å². The Bertz CT molecular complexity index is 881. The number of fused-ring (bicyclic) bond motifs is 3. The van der Waals surface area contributed by atoms with E-state index in [1.165, 1.54) is 25.7 Å². The zero-order valence-corrected chi connectivity index (χ0v) is 19.8. The maximum absolute atomic E-state index is 12.8. The molecule has 1 aromatic rings. The minimum atomic E-state index is -0.476. The summed E-state index contributed by atoms with van der Waals surface area (Å²) in [6.45, 7) is 1.49. The molecule has 8 heteroatoms. The Hall–Kier alpha value is -2.32. The number of carbonyl (C=O) groups is 2. The summed E-state index contributed by atoms with van der Waals surface area (Å²) >= 11 is 0. The Kier molecular flexibility index (Phi) is 7.25. The van der Waals surface area contributed by atoms with Crippen LogP contribution in [-0.4, -0.2) is 66.0 Å². The highest BCUT2D eigenvalue weighted by Gasteiger charge is 2.46. The fourth-order valence-electron chi connectivity index (χ4n) is 6.03. The molecule has 3 amide bonds. The number of hydrogen-bond acceptors (Lipinski definition) is 5. The van der Waals surface area contributed by atoms with E-state index in [1.54, 1.807) is 0 Å². The monoisotopic (exact) mass is 471 g/mol. The van der Waals surface area contributed by atoms with Gasteiger partial charge in [-0.2, -0.15) is 0 Å². The molecule has 3 aliphatic heterocycles. The van der Waals surface area contributed by atoms with Crippen LogP contribution < -0.4 is 15.4 Å². The first-order chi connectivity index (χ1) is 16.6. The zero-order valence-electron chi connectivity index (χ0n) is 19.8. The topological polar surface area (TPSA) is 100 Å². The number of carbonyl (C=O) groups excluding carboxylic acids is 2. The van der Waals surface area contributed by atoms with Crippen LogP contribution in [0.4, 0.5) is 10.5 Å². The normalized spacial score (nSPS) is 29.0. The van der Waals surface area contributed by atoms with Gasteiger partial charge < -0.3 is 30.1 Å². The third kappa shape index (κ3) is 5.18. The van der Waals surface area contributed by atoms with Crippen LogP contribution in [-0.2, 0) is 9.53 Å². The molecule has 4 aliphatic rings. The summed E-state index contributed by atoms with van der Waals surface area (Å²) in [5.41, 5.74) is 1.74. The first-order valence-corrected chi connectivity index (χ1v) is 13.0. The summed E-state index contributed by atoms with van der Waals surface area (Å²) in [4.78, 5) is 27.3. The number of anilines is 1. The van der Waals surface area contributed by atoms with Crippen molar-refractivity contribution in [1.29, 1.82) is 0 Å². The fourth-order valence-corrected chi connectivity index (χ4v) is 6.03. The number of nitrogens with zero attached hydrogens (tertiary/aromatic N) is 1. The molecular formula is C26H37N3O5. The molecule has 8 nitrogen and oxygen atoms in total. The van der Waals surface area contributed by atoms with Gasteiger partial charge in [-0.3, -0.25) is 4.79 Å². The number of aliphatic hydroxyl groups is 1. The van der Waals surface area contributed by atoms with Crippen LogP contribution in [0.2, 0.25) is 0 Å². The van der Waals surface area contributed by atoms with E-state index in [1.807, 2.05) is 23.1 Å². The molecule has 0 radical (unpaired) electrons. The van der Waals surface area contributed by atoms with Gasteiger partial charge in [0.1, 0.15) is 18.0 Å². The minimum absolute atomic E-state index is 0.0169. The second-order valence-corrected chi connectivity index (χ2v) is 10.2. The van der Waals surface area contributed by atoms with Crippen molar-refractivity contribution < 1.29 is 24.2 Å². The van der Waals surface area contributed by atoms with Crippen molar-refractivity contribution >= 4 is 17.6 Å². The molecule has 0 spiro atoms. The van der Waals surface area contributed by atoms with Crippen LogP contribution in [0.25, 0.3) is 0 Å². The number of benzene rings is 1. The Balaban J connectivity index is 1.25. The number of aliphatic hydroxyl groups excluding tert-OH is 1. The molecule has 5 rings (SSSR count). The van der Waals surface area contributed by atoms with E-state index >= 15 is 0 Å². The highest BCUT2D eigenvalue weighted by atomic mass is 16.6. The maximum Gasteiger partial charge on any atom is 0.319 e. The third-order valence-corrected chi connectivity index (χ3v) is 7.81. The number of amides is 3. The van der Waals surface area contributed by atoms with Crippen LogP contribution >= 0.6 is 0 Å². The molecule has 1 aliphatic carbocycles. The highest BCUT2D eigenvalue weighted by Crippen LogP contribution is 2.47. The number of ether oxygens (including phenoxy) is 2. The van der Waals surface area contributed by atoms with Crippen molar-refractivity contribution in [3.63, 3.8) is 0 Å². The number of piperidine rings is 1. The summed E-state index contributed by atoms with van der Waals surface area (Å²) in [7, 11) is 0. The molecule has 34 heavy (non-hydrogen) atoms. The molecule has 0 bridgehead atoms. The number of urea groups is 1. The van der Waals surface area contributed by atoms with Gasteiger partial charge in [-0.1, -0.05) is 19.3 Å². The largest absolute Gasteiger partial charge is 0.487 e. The second-order valence-electron chi connectivity index (χ2n) is 10.2. The van der Waals surface area contributed by atoms with E-state index in [-0.39, 0.29) is 42.7 Å². The van der Waals surface area contributed by atoms with Gasteiger partial charge in [-0.15, -0.1) is 0 Å². The van der Waals surface area contributed by atoms with Crippen LogP contribution in [0.3, 0.4) is 0 Å². The molecule has 0 unspecified atom stereocenters. The Morgan fingerprint density at radius 2 is 1.82 bits per heavy atom. The SMILES string of the molecule is O=C(Nc1ccc2c(c1)[C@@H]1C[C@@H](CC(=O)N3CCCCC3)O[C@H](CO)[C@@H]1O2)NC1CCCCC1. The third-order valence-electron chi connectivity index (χ3n) is 7.81. The molecule has 0 aromatic heterocycles. The minimum Gasteiger partial charge on any atom is -0.487 e. The van der Waals surface area contributed by atoms with Crippen molar-refractivity contribution in [3.8, 4) is 5.75 Å². The van der Waals surface area contributed by atoms with Gasteiger partial charge in [-0.25, -0.2) is 4.79 Å². The van der Waals surface area contributed by atoms with Crippen LogP contribution in [0.5, 0.6) is 5.75 Å². The van der Waals surface area contributed by atoms with E-state index in [2.05, 4.69) is 10.6 Å². The van der Waals surface area contributed by atoms with Crippen molar-refractivity contribution in [2.75, 3.05) is 25.0 Å². The predicted molar refractivity (Wildman–Crippen MR) is 128 cm³/mol. The van der Waals surface area contributed by atoms with Crippen LogP contribution in [0.15, 0.2) is 18.2 Å². The lowest BCUT2D eigenvalue weighted by Crippen LogP contribution is -2.48. The summed E-state index contributed by atoms with van der Waals surface area (Å²) in [5, 5.41) is 16.1. The summed E-state index contributed by atoms with van der Waals surface area (Å²) in [6, 6.07) is 5.78. The number of nitrogens with one attached hydrogen (secondary N) is 2. The lowest BCUT2D eigenvalue weighted by molar-refractivity contribution is -0.149. The molecular weight excluding hydrogens is 434 g/mol. The first-order valence-electron chi connectivity index (χ1n) is 13.0. The molecule has 186 valence electrons.